The van der Waals surface area contributed by atoms with Crippen molar-refractivity contribution in [3.63, 3.8) is 0 Å². The Morgan fingerprint density at radius 2 is 2.12 bits per heavy atom. The molecule has 0 aliphatic carbocycles. The Morgan fingerprint density at radius 1 is 1.38 bits per heavy atom. The van der Waals surface area contributed by atoms with E-state index in [2.05, 4.69) is 11.0 Å². The minimum Gasteiger partial charge on any atom is -0.369 e. The van der Waals surface area contributed by atoms with E-state index >= 15 is 0 Å². The molecule has 1 aromatic rings. The molecule has 1 aromatic carbocycles. The number of anilines is 1. The van der Waals surface area contributed by atoms with Crippen LogP contribution in [0.5, 0.6) is 0 Å². The van der Waals surface area contributed by atoms with Crippen molar-refractivity contribution in [1.82, 2.24) is 0 Å². The summed E-state index contributed by atoms with van der Waals surface area (Å²) in [7, 11) is 0. The molecule has 0 unspecified atom stereocenters. The first-order chi connectivity index (χ1) is 7.85. The van der Waals surface area contributed by atoms with Crippen LogP contribution >= 0.6 is 23.4 Å². The molecule has 0 aromatic heterocycles. The van der Waals surface area contributed by atoms with E-state index in [4.69, 9.17) is 16.9 Å². The molecule has 16 heavy (non-hydrogen) atoms. The summed E-state index contributed by atoms with van der Waals surface area (Å²) >= 11 is 7.74. The van der Waals surface area contributed by atoms with E-state index in [-0.39, 0.29) is 0 Å². The van der Waals surface area contributed by atoms with E-state index in [1.807, 2.05) is 30.0 Å². The molecule has 0 radical (unpaired) electrons. The predicted molar refractivity (Wildman–Crippen MR) is 70.3 cm³/mol. The zero-order chi connectivity index (χ0) is 11.4. The smallest absolute Gasteiger partial charge is 0.101 e. The average Bonchev–Trinajstić information content (AvgIpc) is 2.39. The van der Waals surface area contributed by atoms with Gasteiger partial charge in [0.15, 0.2) is 0 Å². The number of hydrogen-bond donors (Lipinski definition) is 0. The molecule has 0 spiro atoms. The Labute approximate surface area is 105 Å². The first-order valence-corrected chi connectivity index (χ1v) is 6.96. The highest BCUT2D eigenvalue weighted by Gasteiger charge is 2.14. The Bertz CT molecular complexity index is 408. The van der Waals surface area contributed by atoms with Crippen LogP contribution < -0.4 is 4.90 Å². The molecule has 2 rings (SSSR count). The van der Waals surface area contributed by atoms with Gasteiger partial charge in [-0.05, 0) is 17.7 Å². The Balaban J connectivity index is 2.29. The highest BCUT2D eigenvalue weighted by atomic mass is 35.5. The van der Waals surface area contributed by atoms with E-state index in [9.17, 15) is 0 Å². The molecule has 0 atom stereocenters. The average molecular weight is 253 g/mol. The van der Waals surface area contributed by atoms with E-state index in [0.717, 1.165) is 41.4 Å². The summed E-state index contributed by atoms with van der Waals surface area (Å²) in [5, 5.41) is 9.14. The van der Waals surface area contributed by atoms with Crippen LogP contribution in [0.4, 0.5) is 5.69 Å². The van der Waals surface area contributed by atoms with Crippen molar-refractivity contribution in [2.45, 2.75) is 5.88 Å². The molecule has 1 heterocycles. The van der Waals surface area contributed by atoms with Gasteiger partial charge in [-0.15, -0.1) is 11.6 Å². The summed E-state index contributed by atoms with van der Waals surface area (Å²) in [6.45, 7) is 2.05. The van der Waals surface area contributed by atoms with Gasteiger partial charge in [-0.1, -0.05) is 6.07 Å². The molecule has 1 fully saturated rings. The largest absolute Gasteiger partial charge is 0.369 e. The van der Waals surface area contributed by atoms with Crippen LogP contribution in [-0.4, -0.2) is 24.6 Å². The lowest BCUT2D eigenvalue weighted by atomic mass is 10.1. The second-order valence-corrected chi connectivity index (χ2v) is 5.19. The van der Waals surface area contributed by atoms with E-state index in [1.54, 1.807) is 0 Å². The maximum atomic E-state index is 9.14. The minimum absolute atomic E-state index is 0.463. The van der Waals surface area contributed by atoms with Crippen LogP contribution in [0.2, 0.25) is 0 Å². The maximum Gasteiger partial charge on any atom is 0.101 e. The number of benzene rings is 1. The molecule has 0 bridgehead atoms. The monoisotopic (exact) mass is 252 g/mol. The summed E-state index contributed by atoms with van der Waals surface area (Å²) in [5.41, 5.74) is 2.80. The minimum atomic E-state index is 0.463. The SMILES string of the molecule is N#Cc1cc(CCl)ccc1N1CCSCC1. The Kier molecular flexibility index (Phi) is 3.98. The highest BCUT2D eigenvalue weighted by Crippen LogP contribution is 2.24. The molecule has 0 N–H and O–H groups in total. The van der Waals surface area contributed by atoms with Crippen LogP contribution in [0.15, 0.2) is 18.2 Å². The number of nitriles is 1. The summed E-state index contributed by atoms with van der Waals surface area (Å²) in [6, 6.07) is 8.18. The second kappa shape index (κ2) is 5.47. The van der Waals surface area contributed by atoms with Crippen molar-refractivity contribution in [2.75, 3.05) is 29.5 Å². The van der Waals surface area contributed by atoms with Crippen molar-refractivity contribution >= 4 is 29.1 Å². The Hall–Kier alpha value is -0.850. The molecule has 1 aliphatic rings. The third kappa shape index (κ3) is 2.45. The van der Waals surface area contributed by atoms with Crippen molar-refractivity contribution in [1.29, 1.82) is 5.26 Å². The van der Waals surface area contributed by atoms with Gasteiger partial charge >= 0.3 is 0 Å². The molecular weight excluding hydrogens is 240 g/mol. The molecule has 1 aliphatic heterocycles. The van der Waals surface area contributed by atoms with Gasteiger partial charge < -0.3 is 4.90 Å². The lowest BCUT2D eigenvalue weighted by Gasteiger charge is -2.29. The fourth-order valence-electron chi connectivity index (χ4n) is 1.84. The Morgan fingerprint density at radius 3 is 2.75 bits per heavy atom. The van der Waals surface area contributed by atoms with Gasteiger partial charge in [-0.25, -0.2) is 0 Å². The molecule has 4 heteroatoms. The molecule has 1 saturated heterocycles. The van der Waals surface area contributed by atoms with Crippen molar-refractivity contribution < 1.29 is 0 Å². The van der Waals surface area contributed by atoms with Crippen molar-refractivity contribution in [2.24, 2.45) is 0 Å². The molecule has 84 valence electrons. The van der Waals surface area contributed by atoms with Crippen LogP contribution in [-0.2, 0) is 5.88 Å². The van der Waals surface area contributed by atoms with Gasteiger partial charge in [0.25, 0.3) is 0 Å². The van der Waals surface area contributed by atoms with E-state index in [0.29, 0.717) is 5.88 Å². The summed E-state index contributed by atoms with van der Waals surface area (Å²) in [4.78, 5) is 2.28. The summed E-state index contributed by atoms with van der Waals surface area (Å²) < 4.78 is 0. The zero-order valence-corrected chi connectivity index (χ0v) is 10.5. The van der Waals surface area contributed by atoms with Crippen LogP contribution in [0, 0.1) is 11.3 Å². The summed E-state index contributed by atoms with van der Waals surface area (Å²) in [6.07, 6.45) is 0. The topological polar surface area (TPSA) is 27.0 Å². The quantitative estimate of drug-likeness (QED) is 0.758. The number of thioether (sulfide) groups is 1. The van der Waals surface area contributed by atoms with Crippen LogP contribution in [0.3, 0.4) is 0 Å². The third-order valence-corrected chi connectivity index (χ3v) is 3.94. The highest BCUT2D eigenvalue weighted by molar-refractivity contribution is 7.99. The van der Waals surface area contributed by atoms with Crippen LogP contribution in [0.25, 0.3) is 0 Å². The normalized spacial score (nSPS) is 15.9. The third-order valence-electron chi connectivity index (χ3n) is 2.69. The van der Waals surface area contributed by atoms with Crippen LogP contribution in [0.1, 0.15) is 11.1 Å². The first-order valence-electron chi connectivity index (χ1n) is 5.27. The van der Waals surface area contributed by atoms with Crippen molar-refractivity contribution in [3.05, 3.63) is 29.3 Å². The van der Waals surface area contributed by atoms with Gasteiger partial charge in [0.2, 0.25) is 0 Å². The molecule has 0 amide bonds. The van der Waals surface area contributed by atoms with E-state index in [1.165, 1.54) is 0 Å². The predicted octanol–water partition coefficient (Wildman–Crippen LogP) is 2.85. The number of halogens is 1. The van der Waals surface area contributed by atoms with Crippen molar-refractivity contribution in [3.8, 4) is 6.07 Å². The second-order valence-electron chi connectivity index (χ2n) is 3.70. The van der Waals surface area contributed by atoms with Gasteiger partial charge in [0.05, 0.1) is 11.3 Å². The van der Waals surface area contributed by atoms with Gasteiger partial charge in [-0.2, -0.15) is 17.0 Å². The first kappa shape index (κ1) is 11.6. The lowest BCUT2D eigenvalue weighted by Crippen LogP contribution is -2.32. The standard InChI is InChI=1S/C12H13ClN2S/c13-8-10-1-2-12(11(7-10)9-14)15-3-5-16-6-4-15/h1-2,7H,3-6,8H2. The number of nitrogens with zero attached hydrogens (tertiary/aromatic N) is 2. The fraction of sp³-hybridized carbons (Fsp3) is 0.417. The fourth-order valence-corrected chi connectivity index (χ4v) is 2.91. The number of alkyl halides is 1. The number of rotatable bonds is 2. The molecule has 2 nitrogen and oxygen atoms in total. The maximum absolute atomic E-state index is 9.14. The lowest BCUT2D eigenvalue weighted by molar-refractivity contribution is 0.856. The van der Waals surface area contributed by atoms with Gasteiger partial charge in [0, 0.05) is 30.5 Å². The van der Waals surface area contributed by atoms with Gasteiger partial charge in [-0.3, -0.25) is 0 Å². The summed E-state index contributed by atoms with van der Waals surface area (Å²) in [5.74, 6) is 2.75. The number of hydrogen-bond acceptors (Lipinski definition) is 3. The molecular formula is C12H13ClN2S. The molecule has 0 saturated carbocycles. The van der Waals surface area contributed by atoms with Gasteiger partial charge in [0.1, 0.15) is 6.07 Å². The zero-order valence-electron chi connectivity index (χ0n) is 8.95. The van der Waals surface area contributed by atoms with E-state index < -0.39 is 0 Å².